The molecule has 0 bridgehead atoms. The van der Waals surface area contributed by atoms with Gasteiger partial charge < -0.3 is 24.2 Å². The van der Waals surface area contributed by atoms with Gasteiger partial charge in [-0.3, -0.25) is 0 Å². The Morgan fingerprint density at radius 3 is 1.74 bits per heavy atom. The van der Waals surface area contributed by atoms with Crippen molar-refractivity contribution in [2.75, 3.05) is 18.1 Å². The van der Waals surface area contributed by atoms with Crippen molar-refractivity contribution in [3.05, 3.63) is 71.8 Å². The average molecular weight is 643 g/mol. The average Bonchev–Trinajstić information content (AvgIpc) is 2.89. The van der Waals surface area contributed by atoms with Gasteiger partial charge in [0.1, 0.15) is 11.0 Å². The van der Waals surface area contributed by atoms with Crippen molar-refractivity contribution < 1.29 is 67.2 Å². The van der Waals surface area contributed by atoms with Crippen LogP contribution >= 0.6 is 0 Å². The van der Waals surface area contributed by atoms with E-state index in [4.69, 9.17) is 9.47 Å². The predicted octanol–water partition coefficient (Wildman–Crippen LogP) is 6.47. The summed E-state index contributed by atoms with van der Waals surface area (Å²) in [6, 6.07) is 6.16. The Balaban J connectivity index is 1.54. The topological polar surface area (TPSA) is 85.3 Å². The molecule has 1 fully saturated rings. The Kier molecular flexibility index (Phi) is 7.50. The fourth-order valence-corrected chi connectivity index (χ4v) is 6.49. The van der Waals surface area contributed by atoms with Crippen molar-refractivity contribution in [3.63, 3.8) is 0 Å². The maximum atomic E-state index is 13.4. The summed E-state index contributed by atoms with van der Waals surface area (Å²) in [5.41, 5.74) is -2.61. The first-order valence-electron chi connectivity index (χ1n) is 12.1. The molecule has 7 nitrogen and oxygen atoms in total. The van der Waals surface area contributed by atoms with Crippen LogP contribution < -0.4 is 14.4 Å². The zero-order chi connectivity index (χ0) is 31.5. The number of aliphatic hydroxyl groups is 1. The first kappa shape index (κ1) is 30.7. The molecule has 0 aromatic heterocycles. The molecular weight excluding hydrogens is 625 g/mol. The van der Waals surface area contributed by atoms with Crippen LogP contribution in [0.15, 0.2) is 65.6 Å². The third-order valence-corrected chi connectivity index (χ3v) is 8.92. The van der Waals surface area contributed by atoms with Crippen LogP contribution in [-0.4, -0.2) is 50.5 Å². The zero-order valence-corrected chi connectivity index (χ0v) is 22.0. The molecule has 5 rings (SSSR count). The van der Waals surface area contributed by atoms with Crippen LogP contribution in [0.3, 0.4) is 0 Å². The minimum Gasteiger partial charge on any atom is -0.453 e. The van der Waals surface area contributed by atoms with Crippen LogP contribution in [0.4, 0.5) is 50.9 Å². The monoisotopic (exact) mass is 643 g/mol. The number of ether oxygens (including phenoxy) is 3. The lowest BCUT2D eigenvalue weighted by molar-refractivity contribution is -0.274. The number of nitrogens with zero attached hydrogens (tertiary/aromatic N) is 1. The second-order valence-corrected chi connectivity index (χ2v) is 11.7. The number of rotatable bonds is 4. The maximum Gasteiger partial charge on any atom is 0.573 e. The van der Waals surface area contributed by atoms with Gasteiger partial charge in [0.25, 0.3) is 0 Å². The molecule has 0 amide bonds. The Morgan fingerprint density at radius 2 is 1.28 bits per heavy atom. The van der Waals surface area contributed by atoms with Crippen LogP contribution in [0, 0.1) is 0 Å². The fraction of sp³-hybridized carbons (Fsp3) is 0.308. The standard InChI is InChI=1S/C26H18F9NO6S/c27-24(28,29)13-1-7-17-20(9-13)41-21-10-14(25(30,31)32)2-8-18(21)36(17)19-11-40-12-22(23(19)37)43(38,39)16-5-3-15(4-6-16)42-26(33,34)35/h1-10,19,22-23,37H,11-12H2/t19-,22+,23+/m0/s1. The van der Waals surface area contributed by atoms with Gasteiger partial charge in [-0.15, -0.1) is 13.2 Å². The molecule has 0 spiro atoms. The van der Waals surface area contributed by atoms with E-state index in [-0.39, 0.29) is 11.4 Å². The van der Waals surface area contributed by atoms with Gasteiger partial charge >= 0.3 is 18.7 Å². The highest BCUT2D eigenvalue weighted by Crippen LogP contribution is 2.51. The van der Waals surface area contributed by atoms with Gasteiger partial charge in [0, 0.05) is 0 Å². The summed E-state index contributed by atoms with van der Waals surface area (Å²) in [6.07, 6.45) is -16.6. The molecule has 2 aliphatic rings. The molecule has 0 unspecified atom stereocenters. The molecular formula is C26H18F9NO6S. The van der Waals surface area contributed by atoms with E-state index >= 15 is 0 Å². The summed E-state index contributed by atoms with van der Waals surface area (Å²) >= 11 is 0. The fourth-order valence-electron chi connectivity index (χ4n) is 4.80. The highest BCUT2D eigenvalue weighted by Gasteiger charge is 2.47. The minimum atomic E-state index is -5.03. The van der Waals surface area contributed by atoms with Crippen molar-refractivity contribution in [2.45, 2.75) is 41.0 Å². The number of alkyl halides is 9. The van der Waals surface area contributed by atoms with E-state index in [1.54, 1.807) is 0 Å². The van der Waals surface area contributed by atoms with Gasteiger partial charge in [-0.2, -0.15) is 26.3 Å². The molecule has 1 N–H and O–H groups in total. The number of aliphatic hydroxyl groups excluding tert-OH is 1. The molecule has 0 radical (unpaired) electrons. The first-order valence-corrected chi connectivity index (χ1v) is 13.7. The molecule has 17 heteroatoms. The van der Waals surface area contributed by atoms with E-state index in [1.165, 1.54) is 0 Å². The summed E-state index contributed by atoms with van der Waals surface area (Å²) in [5, 5.41) is 9.59. The number of fused-ring (bicyclic) bond motifs is 2. The quantitative estimate of drug-likeness (QED) is 0.327. The maximum absolute atomic E-state index is 13.4. The van der Waals surface area contributed by atoms with Crippen molar-refractivity contribution in [1.82, 2.24) is 0 Å². The zero-order valence-electron chi connectivity index (χ0n) is 21.2. The van der Waals surface area contributed by atoms with Crippen molar-refractivity contribution >= 4 is 21.2 Å². The van der Waals surface area contributed by atoms with E-state index in [1.807, 2.05) is 0 Å². The number of benzene rings is 3. The summed E-state index contributed by atoms with van der Waals surface area (Å²) in [4.78, 5) is 0.643. The predicted molar refractivity (Wildman–Crippen MR) is 130 cm³/mol. The Bertz CT molecular complexity index is 1560. The molecule has 232 valence electrons. The van der Waals surface area contributed by atoms with E-state index in [2.05, 4.69) is 4.74 Å². The van der Waals surface area contributed by atoms with E-state index in [0.29, 0.717) is 24.3 Å². The molecule has 0 saturated carbocycles. The Labute approximate surface area is 236 Å². The molecule has 43 heavy (non-hydrogen) atoms. The van der Waals surface area contributed by atoms with Crippen molar-refractivity contribution in [2.24, 2.45) is 0 Å². The second-order valence-electron chi connectivity index (χ2n) is 9.53. The number of halogens is 9. The molecule has 0 aliphatic carbocycles. The van der Waals surface area contributed by atoms with E-state index < -0.39 is 92.4 Å². The highest BCUT2D eigenvalue weighted by atomic mass is 32.2. The number of sulfone groups is 1. The van der Waals surface area contributed by atoms with Crippen LogP contribution in [0.2, 0.25) is 0 Å². The molecule has 2 heterocycles. The SMILES string of the molecule is O=S(=O)(c1ccc(OC(F)(F)F)cc1)[C@@H]1COC[C@H](N2c3ccc(C(F)(F)F)cc3Oc3cc(C(F)(F)F)ccc32)[C@H]1O. The third kappa shape index (κ3) is 6.05. The minimum absolute atomic E-state index is 0.125. The highest BCUT2D eigenvalue weighted by molar-refractivity contribution is 7.92. The molecule has 2 aliphatic heterocycles. The smallest absolute Gasteiger partial charge is 0.453 e. The molecule has 3 aromatic rings. The summed E-state index contributed by atoms with van der Waals surface area (Å²) < 4.78 is 160. The second kappa shape index (κ2) is 10.5. The number of anilines is 2. The normalized spacial score (nSPS) is 21.1. The van der Waals surface area contributed by atoms with Gasteiger partial charge in [0.2, 0.25) is 0 Å². The lowest BCUT2D eigenvalue weighted by Gasteiger charge is -2.44. The van der Waals surface area contributed by atoms with Gasteiger partial charge in [0.05, 0.1) is 52.8 Å². The Morgan fingerprint density at radius 1 is 0.767 bits per heavy atom. The van der Waals surface area contributed by atoms with Crippen molar-refractivity contribution in [1.29, 1.82) is 0 Å². The Hall–Kier alpha value is -3.70. The van der Waals surface area contributed by atoms with Gasteiger partial charge in [-0.25, -0.2) is 8.42 Å². The van der Waals surface area contributed by atoms with E-state index in [0.717, 1.165) is 41.3 Å². The van der Waals surface area contributed by atoms with Crippen molar-refractivity contribution in [3.8, 4) is 17.2 Å². The van der Waals surface area contributed by atoms with Crippen LogP contribution in [0.5, 0.6) is 17.2 Å². The summed E-state index contributed by atoms with van der Waals surface area (Å²) in [6.45, 7) is -0.989. The largest absolute Gasteiger partial charge is 0.573 e. The molecule has 1 saturated heterocycles. The number of hydrogen-bond acceptors (Lipinski definition) is 7. The first-order chi connectivity index (χ1) is 19.9. The summed E-state index contributed by atoms with van der Waals surface area (Å²) in [5.74, 6) is -1.74. The molecule has 3 aromatic carbocycles. The number of hydrogen-bond donors (Lipinski definition) is 1. The molecule has 3 atom stereocenters. The van der Waals surface area contributed by atoms with Gasteiger partial charge in [0.15, 0.2) is 21.3 Å². The third-order valence-electron chi connectivity index (χ3n) is 6.78. The van der Waals surface area contributed by atoms with Gasteiger partial charge in [-0.1, -0.05) is 0 Å². The van der Waals surface area contributed by atoms with Crippen LogP contribution in [-0.2, 0) is 26.9 Å². The lowest BCUT2D eigenvalue weighted by Crippen LogP contribution is -2.57. The van der Waals surface area contributed by atoms with Crippen LogP contribution in [0.25, 0.3) is 0 Å². The van der Waals surface area contributed by atoms with Gasteiger partial charge in [-0.05, 0) is 60.7 Å². The lowest BCUT2D eigenvalue weighted by atomic mass is 9.99. The summed E-state index contributed by atoms with van der Waals surface area (Å²) in [7, 11) is -4.52. The van der Waals surface area contributed by atoms with E-state index in [9.17, 15) is 53.0 Å². The van der Waals surface area contributed by atoms with Crippen LogP contribution in [0.1, 0.15) is 11.1 Å².